The maximum atomic E-state index is 12.6. The lowest BCUT2D eigenvalue weighted by molar-refractivity contribution is 0.104. The van der Waals surface area contributed by atoms with Gasteiger partial charge in [0.25, 0.3) is 0 Å². The van der Waals surface area contributed by atoms with Gasteiger partial charge in [0.15, 0.2) is 5.78 Å². The van der Waals surface area contributed by atoms with Crippen molar-refractivity contribution < 1.29 is 4.79 Å². The lowest BCUT2D eigenvalue weighted by Gasteiger charge is -2.03. The Morgan fingerprint density at radius 2 is 2.15 bits per heavy atom. The summed E-state index contributed by atoms with van der Waals surface area (Å²) >= 11 is 9.61. The average Bonchev–Trinajstić information content (AvgIpc) is 2.86. The summed E-state index contributed by atoms with van der Waals surface area (Å²) in [6.45, 7) is 1.98. The van der Waals surface area contributed by atoms with Crippen molar-refractivity contribution in [2.24, 2.45) is 0 Å². The fourth-order valence-electron chi connectivity index (χ4n) is 2.09. The Hall–Kier alpha value is -1.65. The van der Waals surface area contributed by atoms with E-state index in [2.05, 4.69) is 25.9 Å². The summed E-state index contributed by atoms with van der Waals surface area (Å²) in [6, 6.07) is 7.22. The molecule has 100 valence electrons. The van der Waals surface area contributed by atoms with Gasteiger partial charge in [-0.05, 0) is 24.6 Å². The second-order valence-electron chi connectivity index (χ2n) is 4.51. The molecule has 0 atom stereocenters. The van der Waals surface area contributed by atoms with Crippen molar-refractivity contribution in [2.45, 2.75) is 6.92 Å². The number of nitrogens with zero attached hydrogens (tertiary/aromatic N) is 1. The quantitative estimate of drug-likeness (QED) is 0.691. The number of carbonyl (C=O) groups excluding carboxylic acids is 1. The standard InChI is InChI=1S/C15H10BrClN2O/c1-8-2-3-9(6-11(8)16)14(20)10-7-19-15-13(10)12(17)4-5-18-15/h2-7H,1H3,(H,18,19). The number of nitrogens with one attached hydrogen (secondary N) is 1. The predicted molar refractivity (Wildman–Crippen MR) is 83.4 cm³/mol. The number of pyridine rings is 1. The summed E-state index contributed by atoms with van der Waals surface area (Å²) in [6.07, 6.45) is 3.26. The molecule has 3 rings (SSSR count). The Kier molecular flexibility index (Phi) is 3.36. The van der Waals surface area contributed by atoms with Crippen LogP contribution in [0.3, 0.4) is 0 Å². The van der Waals surface area contributed by atoms with Crippen molar-refractivity contribution in [3.8, 4) is 0 Å². The van der Waals surface area contributed by atoms with Gasteiger partial charge in [-0.15, -0.1) is 0 Å². The van der Waals surface area contributed by atoms with Gasteiger partial charge in [-0.25, -0.2) is 4.98 Å². The largest absolute Gasteiger partial charge is 0.345 e. The number of carbonyl (C=O) groups is 1. The summed E-state index contributed by atoms with van der Waals surface area (Å²) in [5, 5.41) is 1.18. The highest BCUT2D eigenvalue weighted by atomic mass is 79.9. The number of H-pyrrole nitrogens is 1. The van der Waals surface area contributed by atoms with Crippen LogP contribution in [0.15, 0.2) is 41.1 Å². The molecular weight excluding hydrogens is 340 g/mol. The van der Waals surface area contributed by atoms with Crippen LogP contribution < -0.4 is 0 Å². The topological polar surface area (TPSA) is 45.8 Å². The van der Waals surface area contributed by atoms with E-state index in [0.29, 0.717) is 27.2 Å². The van der Waals surface area contributed by atoms with Crippen molar-refractivity contribution >= 4 is 44.3 Å². The molecule has 0 amide bonds. The molecule has 0 bridgehead atoms. The molecular formula is C15H10BrClN2O. The number of hydrogen-bond acceptors (Lipinski definition) is 2. The van der Waals surface area contributed by atoms with Gasteiger partial charge >= 0.3 is 0 Å². The summed E-state index contributed by atoms with van der Waals surface area (Å²) < 4.78 is 0.910. The molecule has 20 heavy (non-hydrogen) atoms. The van der Waals surface area contributed by atoms with Crippen LogP contribution in [0.25, 0.3) is 11.0 Å². The number of aryl methyl sites for hydroxylation is 1. The highest BCUT2D eigenvalue weighted by molar-refractivity contribution is 9.10. The van der Waals surface area contributed by atoms with Crippen LogP contribution in [0.1, 0.15) is 21.5 Å². The zero-order valence-corrected chi connectivity index (χ0v) is 12.9. The molecule has 2 heterocycles. The third kappa shape index (κ3) is 2.15. The fraction of sp³-hybridized carbons (Fsp3) is 0.0667. The third-order valence-corrected chi connectivity index (χ3v) is 4.37. The number of rotatable bonds is 2. The molecule has 0 radical (unpaired) electrons. The molecule has 0 aliphatic carbocycles. The van der Waals surface area contributed by atoms with E-state index in [1.807, 2.05) is 25.1 Å². The summed E-state index contributed by atoms with van der Waals surface area (Å²) in [4.78, 5) is 19.8. The Balaban J connectivity index is 2.15. The molecule has 3 aromatic rings. The number of hydrogen-bond donors (Lipinski definition) is 1. The van der Waals surface area contributed by atoms with Crippen molar-refractivity contribution in [2.75, 3.05) is 0 Å². The van der Waals surface area contributed by atoms with E-state index in [1.54, 1.807) is 18.5 Å². The maximum absolute atomic E-state index is 12.6. The average molecular weight is 350 g/mol. The van der Waals surface area contributed by atoms with Gasteiger partial charge in [-0.1, -0.05) is 39.7 Å². The Morgan fingerprint density at radius 3 is 2.90 bits per heavy atom. The zero-order chi connectivity index (χ0) is 14.3. The van der Waals surface area contributed by atoms with Crippen LogP contribution in [0.5, 0.6) is 0 Å². The van der Waals surface area contributed by atoms with Gasteiger partial charge < -0.3 is 4.98 Å². The monoisotopic (exact) mass is 348 g/mol. The lowest BCUT2D eigenvalue weighted by atomic mass is 10.0. The van der Waals surface area contributed by atoms with Crippen LogP contribution in [0, 0.1) is 6.92 Å². The van der Waals surface area contributed by atoms with E-state index in [0.717, 1.165) is 10.0 Å². The summed E-state index contributed by atoms with van der Waals surface area (Å²) in [7, 11) is 0. The number of ketones is 1. The van der Waals surface area contributed by atoms with Gasteiger partial charge in [-0.3, -0.25) is 4.79 Å². The van der Waals surface area contributed by atoms with Gasteiger partial charge in [0.2, 0.25) is 0 Å². The summed E-state index contributed by atoms with van der Waals surface area (Å²) in [5.74, 6) is -0.0770. The van der Waals surface area contributed by atoms with E-state index in [9.17, 15) is 4.79 Å². The second kappa shape index (κ2) is 5.04. The van der Waals surface area contributed by atoms with E-state index in [4.69, 9.17) is 11.6 Å². The number of aromatic nitrogens is 2. The van der Waals surface area contributed by atoms with Crippen LogP contribution in [-0.2, 0) is 0 Å². The number of halogens is 2. The third-order valence-electron chi connectivity index (χ3n) is 3.20. The molecule has 0 aliphatic rings. The molecule has 0 spiro atoms. The molecule has 3 nitrogen and oxygen atoms in total. The van der Waals surface area contributed by atoms with Crippen molar-refractivity contribution in [3.05, 3.63) is 62.8 Å². The highest BCUT2D eigenvalue weighted by Gasteiger charge is 2.17. The van der Waals surface area contributed by atoms with Gasteiger partial charge in [0.1, 0.15) is 5.65 Å². The van der Waals surface area contributed by atoms with E-state index < -0.39 is 0 Å². The number of fused-ring (bicyclic) bond motifs is 1. The highest BCUT2D eigenvalue weighted by Crippen LogP contribution is 2.27. The van der Waals surface area contributed by atoms with Crippen LogP contribution in [0.4, 0.5) is 0 Å². The lowest BCUT2D eigenvalue weighted by Crippen LogP contribution is -2.01. The Morgan fingerprint density at radius 1 is 1.35 bits per heavy atom. The molecule has 0 aliphatic heterocycles. The van der Waals surface area contributed by atoms with Crippen LogP contribution in [-0.4, -0.2) is 15.8 Å². The van der Waals surface area contributed by atoms with E-state index in [1.165, 1.54) is 0 Å². The molecule has 0 saturated heterocycles. The molecule has 2 aromatic heterocycles. The first-order valence-corrected chi connectivity index (χ1v) is 7.17. The van der Waals surface area contributed by atoms with Crippen molar-refractivity contribution in [1.29, 1.82) is 0 Å². The molecule has 0 saturated carbocycles. The Bertz CT molecular complexity index is 826. The van der Waals surface area contributed by atoms with E-state index in [-0.39, 0.29) is 5.78 Å². The minimum atomic E-state index is -0.0770. The predicted octanol–water partition coefficient (Wildman–Crippen LogP) is 4.52. The van der Waals surface area contributed by atoms with Crippen molar-refractivity contribution in [3.63, 3.8) is 0 Å². The maximum Gasteiger partial charge on any atom is 0.195 e. The molecule has 5 heteroatoms. The van der Waals surface area contributed by atoms with Crippen LogP contribution in [0.2, 0.25) is 5.02 Å². The summed E-state index contributed by atoms with van der Waals surface area (Å²) in [5.41, 5.74) is 2.85. The van der Waals surface area contributed by atoms with Crippen LogP contribution >= 0.6 is 27.5 Å². The molecule has 0 fully saturated rings. The molecule has 1 N–H and O–H groups in total. The Labute approximate surface area is 129 Å². The first-order chi connectivity index (χ1) is 9.58. The number of aromatic amines is 1. The zero-order valence-electron chi connectivity index (χ0n) is 10.6. The molecule has 1 aromatic carbocycles. The fourth-order valence-corrected chi connectivity index (χ4v) is 2.71. The van der Waals surface area contributed by atoms with Gasteiger partial charge in [0.05, 0.1) is 10.6 Å². The normalized spacial score (nSPS) is 10.9. The smallest absolute Gasteiger partial charge is 0.195 e. The van der Waals surface area contributed by atoms with Gasteiger partial charge in [0, 0.05) is 27.8 Å². The van der Waals surface area contributed by atoms with E-state index >= 15 is 0 Å². The molecule has 0 unspecified atom stereocenters. The van der Waals surface area contributed by atoms with Crippen molar-refractivity contribution in [1.82, 2.24) is 9.97 Å². The SMILES string of the molecule is Cc1ccc(C(=O)c2c[nH]c3nccc(Cl)c23)cc1Br. The number of benzene rings is 1. The minimum Gasteiger partial charge on any atom is -0.345 e. The second-order valence-corrected chi connectivity index (χ2v) is 5.77. The van der Waals surface area contributed by atoms with Gasteiger partial charge in [-0.2, -0.15) is 0 Å². The first-order valence-electron chi connectivity index (χ1n) is 6.00. The minimum absolute atomic E-state index is 0.0770. The first kappa shape index (κ1) is 13.3.